The smallest absolute Gasteiger partial charge is 0.380 e. The number of imidazole rings is 1. The molecule has 0 radical (unpaired) electrons. The molecular formula is C29H26N4O4. The molecule has 0 saturated carbocycles. The lowest BCUT2D eigenvalue weighted by Gasteiger charge is -2.14. The third-order valence-electron chi connectivity index (χ3n) is 6.32. The SMILES string of the molecule is CCC1C=C(c2cnc3c(c2)ncn3-c2cc(C)c(C(=O)C(=O)OCc3ccccc3)c(OC)c2)C=N1. The molecule has 2 aromatic heterocycles. The lowest BCUT2D eigenvalue weighted by atomic mass is 10.0. The molecule has 0 spiro atoms. The van der Waals surface area contributed by atoms with Crippen molar-refractivity contribution in [3.8, 4) is 11.4 Å². The number of nitrogens with zero attached hydrogens (tertiary/aromatic N) is 4. The lowest BCUT2D eigenvalue weighted by Crippen LogP contribution is -2.19. The number of aromatic nitrogens is 3. The lowest BCUT2D eigenvalue weighted by molar-refractivity contribution is -0.139. The normalized spacial score (nSPS) is 14.6. The molecule has 1 aliphatic rings. The first-order valence-electron chi connectivity index (χ1n) is 12.0. The molecule has 2 aromatic carbocycles. The molecule has 1 unspecified atom stereocenters. The van der Waals surface area contributed by atoms with Gasteiger partial charge in [-0.05, 0) is 42.2 Å². The van der Waals surface area contributed by atoms with E-state index in [1.54, 1.807) is 31.6 Å². The van der Waals surface area contributed by atoms with E-state index in [9.17, 15) is 9.59 Å². The van der Waals surface area contributed by atoms with E-state index < -0.39 is 11.8 Å². The Bertz CT molecular complexity index is 1550. The van der Waals surface area contributed by atoms with Crippen molar-refractivity contribution in [1.82, 2.24) is 14.5 Å². The number of methoxy groups -OCH3 is 1. The fourth-order valence-corrected chi connectivity index (χ4v) is 4.33. The number of allylic oxidation sites excluding steroid dienone is 1. The zero-order valence-corrected chi connectivity index (χ0v) is 20.8. The number of hydrogen-bond acceptors (Lipinski definition) is 7. The van der Waals surface area contributed by atoms with Gasteiger partial charge < -0.3 is 9.47 Å². The van der Waals surface area contributed by atoms with E-state index in [-0.39, 0.29) is 24.0 Å². The van der Waals surface area contributed by atoms with Crippen LogP contribution >= 0.6 is 0 Å². The van der Waals surface area contributed by atoms with Crippen molar-refractivity contribution in [3.05, 3.63) is 89.4 Å². The number of ketones is 1. The monoisotopic (exact) mass is 494 g/mol. The molecule has 0 saturated heterocycles. The van der Waals surface area contributed by atoms with Crippen molar-refractivity contribution >= 4 is 34.7 Å². The second kappa shape index (κ2) is 10.2. The summed E-state index contributed by atoms with van der Waals surface area (Å²) in [5.41, 5.74) is 5.64. The molecular weight excluding hydrogens is 468 g/mol. The van der Waals surface area contributed by atoms with Crippen molar-refractivity contribution in [2.45, 2.75) is 32.9 Å². The van der Waals surface area contributed by atoms with Gasteiger partial charge in [0.25, 0.3) is 5.78 Å². The fraction of sp³-hybridized carbons (Fsp3) is 0.207. The van der Waals surface area contributed by atoms with Crippen molar-refractivity contribution in [1.29, 1.82) is 0 Å². The molecule has 1 aliphatic heterocycles. The molecule has 8 nitrogen and oxygen atoms in total. The second-order valence-corrected chi connectivity index (χ2v) is 8.79. The van der Waals surface area contributed by atoms with E-state index in [1.807, 2.05) is 47.2 Å². The number of aliphatic imine (C=N–C) groups is 1. The number of benzene rings is 2. The number of ether oxygens (including phenoxy) is 2. The largest absolute Gasteiger partial charge is 0.496 e. The summed E-state index contributed by atoms with van der Waals surface area (Å²) in [6.07, 6.45) is 8.45. The summed E-state index contributed by atoms with van der Waals surface area (Å²) in [5, 5.41) is 0. The maximum Gasteiger partial charge on any atom is 0.380 e. The predicted octanol–water partition coefficient (Wildman–Crippen LogP) is 4.91. The highest BCUT2D eigenvalue weighted by Gasteiger charge is 2.25. The van der Waals surface area contributed by atoms with Crippen molar-refractivity contribution < 1.29 is 19.1 Å². The molecule has 186 valence electrons. The molecule has 3 heterocycles. The number of carbonyl (C=O) groups excluding carboxylic acids is 2. The van der Waals surface area contributed by atoms with E-state index in [2.05, 4.69) is 28.0 Å². The molecule has 37 heavy (non-hydrogen) atoms. The summed E-state index contributed by atoms with van der Waals surface area (Å²) >= 11 is 0. The van der Waals surface area contributed by atoms with Crippen molar-refractivity contribution in [2.24, 2.45) is 4.99 Å². The number of hydrogen-bond donors (Lipinski definition) is 0. The first kappa shape index (κ1) is 24.1. The predicted molar refractivity (Wildman–Crippen MR) is 141 cm³/mol. The van der Waals surface area contributed by atoms with Crippen LogP contribution in [0.25, 0.3) is 22.4 Å². The Hall–Kier alpha value is -4.59. The number of pyridine rings is 1. The minimum Gasteiger partial charge on any atom is -0.496 e. The van der Waals surface area contributed by atoms with Crippen LogP contribution in [0.5, 0.6) is 5.75 Å². The zero-order valence-electron chi connectivity index (χ0n) is 20.8. The highest BCUT2D eigenvalue weighted by Crippen LogP contribution is 2.30. The first-order valence-corrected chi connectivity index (χ1v) is 12.0. The molecule has 0 N–H and O–H groups in total. The van der Waals surface area contributed by atoms with Gasteiger partial charge in [-0.1, -0.05) is 43.3 Å². The minimum absolute atomic E-state index is 0.0153. The summed E-state index contributed by atoms with van der Waals surface area (Å²) in [6, 6.07) is 14.9. The summed E-state index contributed by atoms with van der Waals surface area (Å²) in [4.78, 5) is 39.2. The highest BCUT2D eigenvalue weighted by atomic mass is 16.5. The number of Topliss-reactive ketones (excluding diaryl/α,β-unsaturated/α-hetero) is 1. The van der Waals surface area contributed by atoms with E-state index in [0.717, 1.165) is 28.6 Å². The summed E-state index contributed by atoms with van der Waals surface area (Å²) in [7, 11) is 1.46. The number of fused-ring (bicyclic) bond motifs is 1. The molecule has 0 aliphatic carbocycles. The van der Waals surface area contributed by atoms with Gasteiger partial charge in [0.1, 0.15) is 24.2 Å². The van der Waals surface area contributed by atoms with Gasteiger partial charge in [0, 0.05) is 24.0 Å². The third kappa shape index (κ3) is 4.78. The van der Waals surface area contributed by atoms with Crippen molar-refractivity contribution in [3.63, 3.8) is 0 Å². The summed E-state index contributed by atoms with van der Waals surface area (Å²) < 4.78 is 12.6. The van der Waals surface area contributed by atoms with Gasteiger partial charge in [-0.25, -0.2) is 14.8 Å². The Morgan fingerprint density at radius 2 is 1.89 bits per heavy atom. The van der Waals surface area contributed by atoms with Crippen LogP contribution in [-0.4, -0.2) is 45.7 Å². The van der Waals surface area contributed by atoms with Gasteiger partial charge >= 0.3 is 5.97 Å². The van der Waals surface area contributed by atoms with E-state index in [1.165, 1.54) is 7.11 Å². The maximum atomic E-state index is 13.0. The average molecular weight is 495 g/mol. The zero-order chi connectivity index (χ0) is 25.9. The van der Waals surface area contributed by atoms with E-state index in [4.69, 9.17) is 9.47 Å². The van der Waals surface area contributed by atoms with Crippen LogP contribution in [0, 0.1) is 6.92 Å². The number of esters is 1. The molecule has 1 atom stereocenters. The molecule has 4 aromatic rings. The number of aryl methyl sites for hydroxylation is 1. The Morgan fingerprint density at radius 3 is 2.62 bits per heavy atom. The minimum atomic E-state index is -0.935. The molecule has 0 amide bonds. The quantitative estimate of drug-likeness (QED) is 0.196. The first-order chi connectivity index (χ1) is 18.0. The van der Waals surface area contributed by atoms with Crippen LogP contribution in [0.15, 0.2) is 72.1 Å². The van der Waals surface area contributed by atoms with Crippen molar-refractivity contribution in [2.75, 3.05) is 7.11 Å². The Balaban J connectivity index is 1.42. The number of rotatable bonds is 8. The van der Waals surface area contributed by atoms with Crippen LogP contribution in [0.2, 0.25) is 0 Å². The van der Waals surface area contributed by atoms with Gasteiger partial charge in [0.05, 0.1) is 24.4 Å². The van der Waals surface area contributed by atoms with Crippen LogP contribution < -0.4 is 4.74 Å². The fourth-order valence-electron chi connectivity index (χ4n) is 4.33. The summed E-state index contributed by atoms with van der Waals surface area (Å²) in [5.74, 6) is -1.42. The Morgan fingerprint density at radius 1 is 1.08 bits per heavy atom. The molecule has 0 bridgehead atoms. The number of carbonyl (C=O) groups is 2. The molecule has 8 heteroatoms. The third-order valence-corrected chi connectivity index (χ3v) is 6.32. The highest BCUT2D eigenvalue weighted by molar-refractivity contribution is 6.41. The molecule has 5 rings (SSSR count). The Kier molecular flexibility index (Phi) is 6.64. The van der Waals surface area contributed by atoms with Gasteiger partial charge in [-0.15, -0.1) is 0 Å². The standard InChI is InChI=1S/C29H26N4O4/c1-4-22-11-20(14-30-22)21-12-24-28(31-15-21)33(17-32-24)23-10-18(2)26(25(13-23)36-3)27(34)29(35)37-16-19-8-6-5-7-9-19/h5-15,17,22H,4,16H2,1-3H3. The Labute approximate surface area is 214 Å². The topological polar surface area (TPSA) is 95.7 Å². The van der Waals surface area contributed by atoms with Gasteiger partial charge in [-0.3, -0.25) is 14.4 Å². The van der Waals surface area contributed by atoms with Gasteiger partial charge in [0.15, 0.2) is 5.65 Å². The van der Waals surface area contributed by atoms with E-state index in [0.29, 0.717) is 16.9 Å². The van der Waals surface area contributed by atoms with Crippen LogP contribution in [0.3, 0.4) is 0 Å². The summed E-state index contributed by atoms with van der Waals surface area (Å²) in [6.45, 7) is 3.87. The second-order valence-electron chi connectivity index (χ2n) is 8.79. The van der Waals surface area contributed by atoms with E-state index >= 15 is 0 Å². The van der Waals surface area contributed by atoms with Gasteiger partial charge in [-0.2, -0.15) is 0 Å². The van der Waals surface area contributed by atoms with Crippen LogP contribution in [-0.2, 0) is 16.1 Å². The van der Waals surface area contributed by atoms with Gasteiger partial charge in [0.2, 0.25) is 0 Å². The molecule has 0 fully saturated rings. The van der Waals surface area contributed by atoms with Crippen LogP contribution in [0.1, 0.15) is 40.4 Å². The maximum absolute atomic E-state index is 13.0. The van der Waals surface area contributed by atoms with Crippen LogP contribution in [0.4, 0.5) is 0 Å². The average Bonchev–Trinajstić information content (AvgIpc) is 3.58.